The van der Waals surface area contributed by atoms with Crippen LogP contribution in [0.1, 0.15) is 11.1 Å². The van der Waals surface area contributed by atoms with E-state index in [9.17, 15) is 9.59 Å². The molecule has 0 unspecified atom stereocenters. The van der Waals surface area contributed by atoms with Crippen LogP contribution >= 0.6 is 0 Å². The molecule has 2 heterocycles. The van der Waals surface area contributed by atoms with E-state index >= 15 is 0 Å². The lowest BCUT2D eigenvalue weighted by atomic mass is 10.1. The molecule has 1 N–H and O–H groups in total. The summed E-state index contributed by atoms with van der Waals surface area (Å²) in [6, 6.07) is 17.4. The molecule has 3 amide bonds. The molecule has 6 nitrogen and oxygen atoms in total. The van der Waals surface area contributed by atoms with Crippen LogP contribution in [-0.2, 0) is 11.2 Å². The number of nitrogens with one attached hydrogen (secondary N) is 1. The summed E-state index contributed by atoms with van der Waals surface area (Å²) < 4.78 is 0. The summed E-state index contributed by atoms with van der Waals surface area (Å²) in [7, 11) is 0. The lowest BCUT2D eigenvalue weighted by Crippen LogP contribution is -2.52. The highest BCUT2D eigenvalue weighted by molar-refractivity contribution is 6.20. The molecule has 4 rings (SSSR count). The van der Waals surface area contributed by atoms with Crippen LogP contribution in [0.5, 0.6) is 0 Å². The number of rotatable bonds is 5. The third-order valence-electron chi connectivity index (χ3n) is 4.62. The Hall–Kier alpha value is -3.15. The first kappa shape index (κ1) is 16.3. The molecular formula is C20H20N4O2. The summed E-state index contributed by atoms with van der Waals surface area (Å²) in [5.41, 5.74) is 2.82. The molecule has 2 aromatic carbocycles. The van der Waals surface area contributed by atoms with Crippen molar-refractivity contribution >= 4 is 23.5 Å². The molecule has 0 radical (unpaired) electrons. The number of benzene rings is 2. The van der Waals surface area contributed by atoms with E-state index in [1.807, 2.05) is 54.6 Å². The summed E-state index contributed by atoms with van der Waals surface area (Å²) in [4.78, 5) is 32.8. The number of amidine groups is 1. The van der Waals surface area contributed by atoms with Gasteiger partial charge < -0.3 is 5.32 Å². The van der Waals surface area contributed by atoms with E-state index in [0.717, 1.165) is 17.7 Å². The molecule has 2 aliphatic heterocycles. The first-order chi connectivity index (χ1) is 12.7. The number of hydrogen-bond acceptors (Lipinski definition) is 3. The number of anilines is 1. The standard InChI is InChI=1S/C20H20N4O2/c25-18(21-11-10-15-6-2-1-3-7-15)14-24-17-9-5-4-8-16(17)19-22-12-13-23(19)20(24)26/h1-9H,10-14H2,(H,21,25). The smallest absolute Gasteiger partial charge is 0.330 e. The Morgan fingerprint density at radius 1 is 1.08 bits per heavy atom. The first-order valence-corrected chi connectivity index (χ1v) is 8.77. The molecule has 2 aromatic rings. The Bertz CT molecular complexity index is 863. The summed E-state index contributed by atoms with van der Waals surface area (Å²) in [6.45, 7) is 1.72. The van der Waals surface area contributed by atoms with Crippen LogP contribution in [0.2, 0.25) is 0 Å². The molecule has 0 saturated heterocycles. The van der Waals surface area contributed by atoms with Gasteiger partial charge in [0.2, 0.25) is 5.91 Å². The van der Waals surface area contributed by atoms with Gasteiger partial charge in [0.15, 0.2) is 0 Å². The molecule has 0 spiro atoms. The van der Waals surface area contributed by atoms with Crippen LogP contribution in [0.25, 0.3) is 0 Å². The van der Waals surface area contributed by atoms with Crippen molar-refractivity contribution in [2.24, 2.45) is 4.99 Å². The van der Waals surface area contributed by atoms with Crippen molar-refractivity contribution in [1.29, 1.82) is 0 Å². The van der Waals surface area contributed by atoms with Crippen molar-refractivity contribution in [2.75, 3.05) is 31.1 Å². The zero-order valence-electron chi connectivity index (χ0n) is 14.4. The number of amides is 3. The van der Waals surface area contributed by atoms with Crippen molar-refractivity contribution < 1.29 is 9.59 Å². The SMILES string of the molecule is O=C(CN1C(=O)N2CCN=C2c2ccccc21)NCCc1ccccc1. The molecule has 2 aliphatic rings. The van der Waals surface area contributed by atoms with Crippen LogP contribution in [0.3, 0.4) is 0 Å². The Kier molecular flexibility index (Phi) is 4.39. The average Bonchev–Trinajstić information content (AvgIpc) is 3.16. The van der Waals surface area contributed by atoms with E-state index in [2.05, 4.69) is 10.3 Å². The van der Waals surface area contributed by atoms with E-state index in [4.69, 9.17) is 0 Å². The second-order valence-corrected chi connectivity index (χ2v) is 6.33. The van der Waals surface area contributed by atoms with Crippen molar-refractivity contribution in [2.45, 2.75) is 6.42 Å². The van der Waals surface area contributed by atoms with Gasteiger partial charge in [-0.15, -0.1) is 0 Å². The summed E-state index contributed by atoms with van der Waals surface area (Å²) >= 11 is 0. The van der Waals surface area contributed by atoms with Gasteiger partial charge in [-0.3, -0.25) is 19.6 Å². The maximum Gasteiger partial charge on any atom is 0.330 e. The Morgan fingerprint density at radius 2 is 1.85 bits per heavy atom. The third kappa shape index (κ3) is 3.06. The molecule has 26 heavy (non-hydrogen) atoms. The fourth-order valence-electron chi connectivity index (χ4n) is 3.35. The second kappa shape index (κ2) is 7.00. The minimum absolute atomic E-state index is 0.00835. The van der Waals surface area contributed by atoms with Crippen molar-refractivity contribution in [3.63, 3.8) is 0 Å². The molecule has 0 saturated carbocycles. The van der Waals surface area contributed by atoms with Gasteiger partial charge in [0, 0.05) is 18.7 Å². The number of para-hydroxylation sites is 1. The average molecular weight is 348 g/mol. The maximum atomic E-state index is 12.8. The quantitative estimate of drug-likeness (QED) is 0.899. The number of urea groups is 1. The molecule has 0 bridgehead atoms. The number of fused-ring (bicyclic) bond motifs is 3. The number of aliphatic imine (C=N–C) groups is 1. The summed E-state index contributed by atoms with van der Waals surface area (Å²) in [5, 5.41) is 2.91. The van der Waals surface area contributed by atoms with Gasteiger partial charge in [-0.05, 0) is 24.1 Å². The van der Waals surface area contributed by atoms with Crippen LogP contribution in [0.15, 0.2) is 59.6 Å². The Balaban J connectivity index is 1.44. The topological polar surface area (TPSA) is 65.0 Å². The van der Waals surface area contributed by atoms with Crippen LogP contribution in [0, 0.1) is 0 Å². The minimum atomic E-state index is -0.182. The van der Waals surface area contributed by atoms with E-state index in [1.54, 1.807) is 4.90 Å². The van der Waals surface area contributed by atoms with Crippen LogP contribution in [-0.4, -0.2) is 48.9 Å². The summed E-state index contributed by atoms with van der Waals surface area (Å²) in [5.74, 6) is 0.551. The van der Waals surface area contributed by atoms with Crippen molar-refractivity contribution in [3.05, 3.63) is 65.7 Å². The maximum absolute atomic E-state index is 12.8. The van der Waals surface area contributed by atoms with Gasteiger partial charge in [0.1, 0.15) is 12.4 Å². The highest BCUT2D eigenvalue weighted by Crippen LogP contribution is 2.30. The van der Waals surface area contributed by atoms with Crippen LogP contribution < -0.4 is 10.2 Å². The van der Waals surface area contributed by atoms with E-state index in [0.29, 0.717) is 25.5 Å². The predicted octanol–water partition coefficient (Wildman–Crippen LogP) is 2.05. The minimum Gasteiger partial charge on any atom is -0.354 e. The predicted molar refractivity (Wildman–Crippen MR) is 100 cm³/mol. The molecular weight excluding hydrogens is 328 g/mol. The lowest BCUT2D eigenvalue weighted by molar-refractivity contribution is -0.119. The van der Waals surface area contributed by atoms with Crippen molar-refractivity contribution in [1.82, 2.24) is 10.2 Å². The Morgan fingerprint density at radius 3 is 2.69 bits per heavy atom. The van der Waals surface area contributed by atoms with Gasteiger partial charge >= 0.3 is 6.03 Å². The van der Waals surface area contributed by atoms with Crippen molar-refractivity contribution in [3.8, 4) is 0 Å². The van der Waals surface area contributed by atoms with Gasteiger partial charge in [-0.1, -0.05) is 42.5 Å². The fourth-order valence-corrected chi connectivity index (χ4v) is 3.35. The Labute approximate surface area is 152 Å². The largest absolute Gasteiger partial charge is 0.354 e. The number of carbonyl (C=O) groups excluding carboxylic acids is 2. The number of nitrogens with zero attached hydrogens (tertiary/aromatic N) is 3. The van der Waals surface area contributed by atoms with Gasteiger partial charge in [-0.25, -0.2) is 4.79 Å². The summed E-state index contributed by atoms with van der Waals surface area (Å²) in [6.07, 6.45) is 0.764. The molecule has 0 aromatic heterocycles. The zero-order chi connectivity index (χ0) is 17.9. The van der Waals surface area contributed by atoms with E-state index in [-0.39, 0.29) is 18.5 Å². The monoisotopic (exact) mass is 348 g/mol. The molecule has 0 aliphatic carbocycles. The number of carbonyl (C=O) groups is 2. The van der Waals surface area contributed by atoms with Gasteiger partial charge in [0.05, 0.1) is 12.2 Å². The molecule has 0 atom stereocenters. The lowest BCUT2D eigenvalue weighted by Gasteiger charge is -2.34. The van der Waals surface area contributed by atoms with Crippen LogP contribution in [0.4, 0.5) is 10.5 Å². The highest BCUT2D eigenvalue weighted by Gasteiger charge is 2.37. The molecule has 0 fully saturated rings. The first-order valence-electron chi connectivity index (χ1n) is 8.77. The molecule has 132 valence electrons. The third-order valence-corrected chi connectivity index (χ3v) is 4.62. The normalized spacial score (nSPS) is 15.4. The van der Waals surface area contributed by atoms with Gasteiger partial charge in [-0.2, -0.15) is 0 Å². The van der Waals surface area contributed by atoms with E-state index < -0.39 is 0 Å². The second-order valence-electron chi connectivity index (χ2n) is 6.33. The van der Waals surface area contributed by atoms with Gasteiger partial charge in [0.25, 0.3) is 0 Å². The highest BCUT2D eigenvalue weighted by atomic mass is 16.2. The fraction of sp³-hybridized carbons (Fsp3) is 0.250. The van der Waals surface area contributed by atoms with E-state index in [1.165, 1.54) is 10.5 Å². The molecule has 6 heteroatoms. The number of hydrogen-bond donors (Lipinski definition) is 1. The zero-order valence-corrected chi connectivity index (χ0v) is 14.4.